The fourth-order valence-corrected chi connectivity index (χ4v) is 3.61. The monoisotopic (exact) mass is 324 g/mol. The highest BCUT2D eigenvalue weighted by Crippen LogP contribution is 2.38. The second-order valence-electron chi connectivity index (χ2n) is 6.98. The van der Waals surface area contributed by atoms with E-state index in [0.29, 0.717) is 19.3 Å². The molecule has 0 aromatic heterocycles. The summed E-state index contributed by atoms with van der Waals surface area (Å²) in [6.45, 7) is 7.41. The van der Waals surface area contributed by atoms with Gasteiger partial charge in [-0.2, -0.15) is 0 Å². The van der Waals surface area contributed by atoms with Crippen molar-refractivity contribution in [2.24, 2.45) is 0 Å². The van der Waals surface area contributed by atoms with Crippen LogP contribution in [0.25, 0.3) is 0 Å². The molecule has 2 rings (SSSR count). The van der Waals surface area contributed by atoms with E-state index in [4.69, 9.17) is 14.2 Å². The minimum absolute atomic E-state index is 0.0844. The van der Waals surface area contributed by atoms with Gasteiger partial charge in [0.25, 0.3) is 0 Å². The zero-order chi connectivity index (χ0) is 16.3. The maximum atomic E-state index is 6.46. The van der Waals surface area contributed by atoms with Crippen LogP contribution in [-0.2, 0) is 14.2 Å². The molecule has 0 radical (unpaired) electrons. The molecule has 0 aromatic rings. The molecule has 1 unspecified atom stereocenters. The lowest BCUT2D eigenvalue weighted by molar-refractivity contribution is -0.0857. The molecule has 0 N–H and O–H groups in total. The van der Waals surface area contributed by atoms with Gasteiger partial charge in [0.2, 0.25) is 0 Å². The Bertz CT molecular complexity index is 339. The molecule has 0 saturated carbocycles. The predicted octanol–water partition coefficient (Wildman–Crippen LogP) is 5.04. The van der Waals surface area contributed by atoms with E-state index < -0.39 is 0 Å². The number of ether oxygens (including phenoxy) is 3. The van der Waals surface area contributed by atoms with Gasteiger partial charge in [-0.1, -0.05) is 32.3 Å². The van der Waals surface area contributed by atoms with Crippen LogP contribution in [0.5, 0.6) is 0 Å². The smallest absolute Gasteiger partial charge is 0.105 e. The molecule has 134 valence electrons. The highest BCUT2D eigenvalue weighted by molar-refractivity contribution is 5.25. The predicted molar refractivity (Wildman–Crippen MR) is 94.8 cm³/mol. The largest absolute Gasteiger partial charge is 0.379 e. The Labute approximate surface area is 142 Å². The van der Waals surface area contributed by atoms with E-state index in [0.717, 1.165) is 26.1 Å². The molecular formula is C20H36O3. The van der Waals surface area contributed by atoms with Gasteiger partial charge in [-0.3, -0.25) is 0 Å². The van der Waals surface area contributed by atoms with Gasteiger partial charge in [-0.05, 0) is 56.9 Å². The third kappa shape index (κ3) is 6.56. The summed E-state index contributed by atoms with van der Waals surface area (Å²) >= 11 is 0. The molecule has 2 aliphatic rings. The quantitative estimate of drug-likeness (QED) is 0.372. The van der Waals surface area contributed by atoms with E-state index in [1.165, 1.54) is 51.4 Å². The standard InChI is InChI=1S/C20H36O3/c1-3-5-13-21-15-18(16-22-14-6-4-2)23-20-12-8-10-17-9-7-11-19(17)20/h18,20H,3-16H2,1-2H3. The van der Waals surface area contributed by atoms with Crippen molar-refractivity contribution in [2.45, 2.75) is 90.3 Å². The molecular weight excluding hydrogens is 288 g/mol. The molecule has 23 heavy (non-hydrogen) atoms. The van der Waals surface area contributed by atoms with E-state index in [2.05, 4.69) is 13.8 Å². The van der Waals surface area contributed by atoms with Crippen LogP contribution in [0.3, 0.4) is 0 Å². The van der Waals surface area contributed by atoms with E-state index in [1.54, 1.807) is 11.1 Å². The Hall–Kier alpha value is -0.380. The topological polar surface area (TPSA) is 27.7 Å². The minimum Gasteiger partial charge on any atom is -0.379 e. The van der Waals surface area contributed by atoms with E-state index in [1.807, 2.05) is 0 Å². The van der Waals surface area contributed by atoms with Gasteiger partial charge in [0.05, 0.1) is 19.3 Å². The molecule has 0 spiro atoms. The first-order valence-electron chi connectivity index (χ1n) is 9.86. The SMILES string of the molecule is CCCCOCC(COCCCC)OC1CCCC2=C1CCC2. The zero-order valence-electron chi connectivity index (χ0n) is 15.3. The first-order chi connectivity index (χ1) is 11.3. The lowest BCUT2D eigenvalue weighted by atomic mass is 9.91. The maximum absolute atomic E-state index is 6.46. The van der Waals surface area contributed by atoms with Crippen LogP contribution in [0.1, 0.15) is 78.1 Å². The van der Waals surface area contributed by atoms with Gasteiger partial charge < -0.3 is 14.2 Å². The van der Waals surface area contributed by atoms with Crippen LogP contribution in [0.15, 0.2) is 11.1 Å². The van der Waals surface area contributed by atoms with Gasteiger partial charge in [-0.15, -0.1) is 0 Å². The average molecular weight is 325 g/mol. The van der Waals surface area contributed by atoms with Crippen molar-refractivity contribution >= 4 is 0 Å². The molecule has 0 heterocycles. The number of unbranched alkanes of at least 4 members (excludes halogenated alkanes) is 2. The highest BCUT2D eigenvalue weighted by Gasteiger charge is 2.29. The number of hydrogen-bond donors (Lipinski definition) is 0. The van der Waals surface area contributed by atoms with Gasteiger partial charge in [0.15, 0.2) is 0 Å². The van der Waals surface area contributed by atoms with Crippen LogP contribution in [0.2, 0.25) is 0 Å². The van der Waals surface area contributed by atoms with Gasteiger partial charge >= 0.3 is 0 Å². The zero-order valence-corrected chi connectivity index (χ0v) is 15.3. The summed E-state index contributed by atoms with van der Waals surface area (Å²) in [7, 11) is 0. The summed E-state index contributed by atoms with van der Waals surface area (Å²) < 4.78 is 18.1. The van der Waals surface area contributed by atoms with Crippen molar-refractivity contribution in [1.82, 2.24) is 0 Å². The second-order valence-corrected chi connectivity index (χ2v) is 6.98. The Morgan fingerprint density at radius 3 is 2.22 bits per heavy atom. The first-order valence-corrected chi connectivity index (χ1v) is 9.86. The molecule has 0 aromatic carbocycles. The molecule has 0 amide bonds. The molecule has 2 aliphatic carbocycles. The molecule has 0 aliphatic heterocycles. The van der Waals surface area contributed by atoms with Crippen molar-refractivity contribution in [1.29, 1.82) is 0 Å². The fraction of sp³-hybridized carbons (Fsp3) is 0.900. The molecule has 1 atom stereocenters. The number of hydrogen-bond acceptors (Lipinski definition) is 3. The summed E-state index contributed by atoms with van der Waals surface area (Å²) in [6.07, 6.45) is 12.7. The van der Waals surface area contributed by atoms with Gasteiger partial charge in [0.1, 0.15) is 6.10 Å². The van der Waals surface area contributed by atoms with Crippen LogP contribution >= 0.6 is 0 Å². The van der Waals surface area contributed by atoms with Crippen molar-refractivity contribution in [3.8, 4) is 0 Å². The Balaban J connectivity index is 1.81. The van der Waals surface area contributed by atoms with E-state index in [9.17, 15) is 0 Å². The summed E-state index contributed by atoms with van der Waals surface area (Å²) in [5.41, 5.74) is 3.31. The molecule has 0 saturated heterocycles. The molecule has 3 heteroatoms. The Kier molecular flexibility index (Phi) is 9.25. The molecule has 3 nitrogen and oxygen atoms in total. The highest BCUT2D eigenvalue weighted by atomic mass is 16.6. The number of rotatable bonds is 12. The fourth-order valence-electron chi connectivity index (χ4n) is 3.61. The van der Waals surface area contributed by atoms with Crippen molar-refractivity contribution in [2.75, 3.05) is 26.4 Å². The van der Waals surface area contributed by atoms with E-state index in [-0.39, 0.29) is 6.10 Å². The maximum Gasteiger partial charge on any atom is 0.105 e. The lowest BCUT2D eigenvalue weighted by Gasteiger charge is -2.29. The van der Waals surface area contributed by atoms with Gasteiger partial charge in [0, 0.05) is 13.2 Å². The number of allylic oxidation sites excluding steroid dienone is 1. The Morgan fingerprint density at radius 1 is 0.913 bits per heavy atom. The lowest BCUT2D eigenvalue weighted by Crippen LogP contribution is -2.33. The van der Waals surface area contributed by atoms with Crippen LogP contribution in [0, 0.1) is 0 Å². The van der Waals surface area contributed by atoms with Crippen LogP contribution in [0.4, 0.5) is 0 Å². The van der Waals surface area contributed by atoms with Gasteiger partial charge in [-0.25, -0.2) is 0 Å². The average Bonchev–Trinajstić information content (AvgIpc) is 3.05. The second kappa shape index (κ2) is 11.2. The summed E-state index contributed by atoms with van der Waals surface area (Å²) in [6, 6.07) is 0. The Morgan fingerprint density at radius 2 is 1.57 bits per heavy atom. The normalized spacial score (nSPS) is 21.3. The van der Waals surface area contributed by atoms with Crippen LogP contribution < -0.4 is 0 Å². The summed E-state index contributed by atoms with van der Waals surface area (Å²) in [4.78, 5) is 0. The van der Waals surface area contributed by atoms with E-state index >= 15 is 0 Å². The molecule has 0 bridgehead atoms. The third-order valence-corrected chi connectivity index (χ3v) is 4.96. The summed E-state index contributed by atoms with van der Waals surface area (Å²) in [5.74, 6) is 0. The van der Waals surface area contributed by atoms with Crippen molar-refractivity contribution in [3.63, 3.8) is 0 Å². The third-order valence-electron chi connectivity index (χ3n) is 4.96. The first kappa shape index (κ1) is 19.0. The van der Waals surface area contributed by atoms with Crippen LogP contribution in [-0.4, -0.2) is 38.6 Å². The minimum atomic E-state index is 0.0844. The molecule has 0 fully saturated rings. The summed E-state index contributed by atoms with van der Waals surface area (Å²) in [5, 5.41) is 0. The van der Waals surface area contributed by atoms with Crippen molar-refractivity contribution < 1.29 is 14.2 Å². The van der Waals surface area contributed by atoms with Crippen molar-refractivity contribution in [3.05, 3.63) is 11.1 Å².